The molecule has 0 aliphatic heterocycles. The van der Waals surface area contributed by atoms with Crippen LogP contribution in [0.4, 0.5) is 0 Å². The van der Waals surface area contributed by atoms with Crippen LogP contribution < -0.4 is 0 Å². The molecule has 0 radical (unpaired) electrons. The zero-order chi connectivity index (χ0) is 43.3. The van der Waals surface area contributed by atoms with Gasteiger partial charge in [-0.25, -0.2) is 0 Å². The Balaban J connectivity index is 1.16. The first kappa shape index (κ1) is 24.2. The Kier molecular flexibility index (Phi) is 5.59. The van der Waals surface area contributed by atoms with Crippen LogP contribution in [0.5, 0.6) is 0 Å². The van der Waals surface area contributed by atoms with Crippen LogP contribution in [-0.4, -0.2) is 0 Å². The van der Waals surface area contributed by atoms with E-state index in [0.29, 0.717) is 33.4 Å². The zero-order valence-electron chi connectivity index (χ0n) is 37.4. The first-order valence-corrected chi connectivity index (χ1v) is 18.3. The predicted molar refractivity (Wildman–Crippen MR) is 233 cm³/mol. The number of hydrogen-bond donors (Lipinski definition) is 0. The molecule has 0 bridgehead atoms. The van der Waals surface area contributed by atoms with Crippen molar-refractivity contribution in [2.45, 2.75) is 0 Å². The van der Waals surface area contributed by atoms with E-state index in [4.69, 9.17) is 9.90 Å². The first-order chi connectivity index (χ1) is 30.6. The third kappa shape index (κ3) is 5.24. The first-order valence-electron chi connectivity index (χ1n) is 22.3. The van der Waals surface area contributed by atoms with E-state index in [-0.39, 0.29) is 45.7 Å². The lowest BCUT2D eigenvalue weighted by Gasteiger charge is -2.17. The van der Waals surface area contributed by atoms with Gasteiger partial charge in [-0.05, 0) is 124 Å². The highest BCUT2D eigenvalue weighted by molar-refractivity contribution is 6.22. The van der Waals surface area contributed by atoms with Gasteiger partial charge in [0.15, 0.2) is 0 Å². The summed E-state index contributed by atoms with van der Waals surface area (Å²) >= 11 is 0. The number of benzene rings is 10. The van der Waals surface area contributed by atoms with Gasteiger partial charge in [-0.2, -0.15) is 0 Å². The smallest absolute Gasteiger partial charge is 0.135 e. The molecule has 0 unspecified atom stereocenters. The van der Waals surface area contributed by atoms with Crippen molar-refractivity contribution in [3.63, 3.8) is 0 Å². The van der Waals surface area contributed by atoms with E-state index in [2.05, 4.69) is 72.8 Å². The Bertz CT molecular complexity index is 3630. The summed E-state index contributed by atoms with van der Waals surface area (Å²) < 4.78 is 78.7. The van der Waals surface area contributed by atoms with Crippen molar-refractivity contribution in [3.8, 4) is 55.6 Å². The second-order valence-electron chi connectivity index (χ2n) is 13.8. The molecule has 1 nitrogen and oxygen atoms in total. The maximum Gasteiger partial charge on any atom is 0.135 e. The van der Waals surface area contributed by atoms with Gasteiger partial charge in [0.2, 0.25) is 0 Å². The fourth-order valence-electron chi connectivity index (χ4n) is 8.11. The maximum absolute atomic E-state index is 9.34. The lowest BCUT2D eigenvalue weighted by Crippen LogP contribution is -1.90. The number of hydrogen-bond acceptors (Lipinski definition) is 1. The summed E-state index contributed by atoms with van der Waals surface area (Å²) in [6.07, 6.45) is 0. The van der Waals surface area contributed by atoms with Gasteiger partial charge >= 0.3 is 0 Å². The molecule has 1 heteroatoms. The van der Waals surface area contributed by atoms with Gasteiger partial charge in [0.05, 0.1) is 11.0 Å². The molecule has 0 spiro atoms. The highest BCUT2D eigenvalue weighted by atomic mass is 16.3. The predicted octanol–water partition coefficient (Wildman–Crippen LogP) is 15.4. The van der Waals surface area contributed by atoms with Gasteiger partial charge in [0.25, 0.3) is 0 Å². The minimum Gasteiger partial charge on any atom is -0.456 e. The Labute approximate surface area is 330 Å². The average Bonchev–Trinajstić information content (AvgIpc) is 3.70. The summed E-state index contributed by atoms with van der Waals surface area (Å²) in [4.78, 5) is 0. The minimum absolute atomic E-state index is 0.171. The van der Waals surface area contributed by atoms with Gasteiger partial charge in [0.1, 0.15) is 11.2 Å². The highest BCUT2D eigenvalue weighted by Gasteiger charge is 2.18. The molecule has 256 valence electrons. The van der Waals surface area contributed by atoms with Crippen molar-refractivity contribution in [1.29, 1.82) is 0 Å². The number of fused-ring (bicyclic) bond motifs is 6. The van der Waals surface area contributed by atoms with Crippen molar-refractivity contribution in [3.05, 3.63) is 206 Å². The molecule has 0 aliphatic carbocycles. The minimum atomic E-state index is -0.436. The van der Waals surface area contributed by atoms with Crippen LogP contribution in [0.15, 0.2) is 210 Å². The summed E-state index contributed by atoms with van der Waals surface area (Å²) in [6, 6.07) is 49.5. The van der Waals surface area contributed by atoms with Gasteiger partial charge in [-0.15, -0.1) is 0 Å². The van der Waals surface area contributed by atoms with Gasteiger partial charge in [-0.3, -0.25) is 0 Å². The van der Waals surface area contributed by atoms with E-state index in [9.17, 15) is 5.48 Å². The van der Waals surface area contributed by atoms with Crippen molar-refractivity contribution < 1.29 is 15.4 Å². The van der Waals surface area contributed by atoms with E-state index in [1.54, 1.807) is 30.3 Å². The van der Waals surface area contributed by atoms with Crippen LogP contribution in [0.25, 0.3) is 110 Å². The molecule has 0 atom stereocenters. The van der Waals surface area contributed by atoms with Crippen molar-refractivity contribution in [2.24, 2.45) is 0 Å². The molecule has 55 heavy (non-hydrogen) atoms. The van der Waals surface area contributed by atoms with E-state index in [0.717, 1.165) is 44.2 Å². The molecule has 0 aliphatic rings. The fraction of sp³-hybridized carbons (Fsp3) is 0. The van der Waals surface area contributed by atoms with Crippen LogP contribution in [0.2, 0.25) is 0 Å². The second-order valence-corrected chi connectivity index (χ2v) is 13.8. The molecule has 0 N–H and O–H groups in total. The summed E-state index contributed by atoms with van der Waals surface area (Å²) in [5.74, 6) is 0. The fourth-order valence-corrected chi connectivity index (χ4v) is 8.11. The van der Waals surface area contributed by atoms with Gasteiger partial charge in [0, 0.05) is 10.8 Å². The lowest BCUT2D eigenvalue weighted by molar-refractivity contribution is 0.669. The quantitative estimate of drug-likeness (QED) is 0.162. The third-order valence-corrected chi connectivity index (χ3v) is 10.7. The lowest BCUT2D eigenvalue weighted by atomic mass is 9.86. The molecule has 1 heterocycles. The third-order valence-electron chi connectivity index (χ3n) is 10.7. The molecule has 10 aromatic carbocycles. The number of rotatable bonds is 5. The van der Waals surface area contributed by atoms with Crippen LogP contribution in [0.1, 0.15) is 11.0 Å². The van der Waals surface area contributed by atoms with Crippen molar-refractivity contribution in [1.82, 2.24) is 0 Å². The molecule has 11 rings (SSSR count). The molecular weight excluding hydrogens is 665 g/mol. The molecule has 11 aromatic rings. The molecule has 0 saturated heterocycles. The summed E-state index contributed by atoms with van der Waals surface area (Å²) in [5.41, 5.74) is 9.34. The maximum atomic E-state index is 9.34. The van der Waals surface area contributed by atoms with E-state index >= 15 is 0 Å². The Morgan fingerprint density at radius 1 is 0.309 bits per heavy atom. The molecular formula is C54H34O. The topological polar surface area (TPSA) is 13.1 Å². The standard InChI is InChI=1S/C54H34O/c1-3-14-36(15-4-1)48-32-39(25-28-43(48)41-24-23-35-13-7-8-18-38(35)31-41)40-26-29-51-49(33-40)50-34-42(27-30-52(50)55-51)54-46-21-11-9-19-44(46)53(37-16-5-2-6-17-37)45-20-10-12-22-47(45)54/h1-34H/i9D,10D,11D,12D,19D,20D,21D,22D. The number of furan rings is 1. The summed E-state index contributed by atoms with van der Waals surface area (Å²) in [6.45, 7) is 0. The molecule has 0 saturated carbocycles. The van der Waals surface area contributed by atoms with Crippen LogP contribution in [0.3, 0.4) is 0 Å². The zero-order valence-corrected chi connectivity index (χ0v) is 29.4. The van der Waals surface area contributed by atoms with Crippen molar-refractivity contribution in [2.75, 3.05) is 0 Å². The van der Waals surface area contributed by atoms with Crippen LogP contribution >= 0.6 is 0 Å². The molecule has 1 aromatic heterocycles. The second kappa shape index (κ2) is 12.7. The Hall–Kier alpha value is -7.22. The van der Waals surface area contributed by atoms with Crippen molar-refractivity contribution >= 4 is 54.3 Å². The van der Waals surface area contributed by atoms with Gasteiger partial charge in [-0.1, -0.05) is 170 Å². The normalized spacial score (nSPS) is 13.7. The summed E-state index contributed by atoms with van der Waals surface area (Å²) in [5, 5.41) is 4.63. The Morgan fingerprint density at radius 3 is 1.45 bits per heavy atom. The largest absolute Gasteiger partial charge is 0.456 e. The summed E-state index contributed by atoms with van der Waals surface area (Å²) in [7, 11) is 0. The van der Waals surface area contributed by atoms with E-state index in [1.165, 1.54) is 10.8 Å². The van der Waals surface area contributed by atoms with Gasteiger partial charge < -0.3 is 4.42 Å². The van der Waals surface area contributed by atoms with Crippen LogP contribution in [-0.2, 0) is 0 Å². The average molecular weight is 707 g/mol. The SMILES string of the molecule is [2H]c1c([2H])c([2H])c2c(-c3ccc4oc5ccc(-c6ccc(-c7ccc8ccccc8c7)c(-c7ccccc7)c6)cc5c4c3)c3c([2H])c([2H])c([2H])c([2H])c3c(-c3ccccc3)c2c1[2H]. The monoisotopic (exact) mass is 706 g/mol. The van der Waals surface area contributed by atoms with E-state index < -0.39 is 24.2 Å². The molecule has 0 fully saturated rings. The Morgan fingerprint density at radius 2 is 0.800 bits per heavy atom. The van der Waals surface area contributed by atoms with Crippen LogP contribution in [0, 0.1) is 0 Å². The highest BCUT2D eigenvalue weighted by Crippen LogP contribution is 2.45. The van der Waals surface area contributed by atoms with E-state index in [1.807, 2.05) is 54.6 Å². The molecule has 0 amide bonds.